The van der Waals surface area contributed by atoms with Gasteiger partial charge in [-0.2, -0.15) is 5.10 Å². The minimum atomic E-state index is -0.370. The van der Waals surface area contributed by atoms with Crippen molar-refractivity contribution in [2.75, 3.05) is 5.32 Å². The third kappa shape index (κ3) is 3.77. The molecule has 5 nitrogen and oxygen atoms in total. The molecule has 1 aromatic heterocycles. The summed E-state index contributed by atoms with van der Waals surface area (Å²) in [5.41, 5.74) is 0.717. The van der Waals surface area contributed by atoms with Gasteiger partial charge >= 0.3 is 0 Å². The maximum absolute atomic E-state index is 12.2. The minimum Gasteiger partial charge on any atom is -0.457 e. The lowest BCUT2D eigenvalue weighted by Crippen LogP contribution is -2.23. The predicted molar refractivity (Wildman–Crippen MR) is 88.5 cm³/mol. The van der Waals surface area contributed by atoms with Gasteiger partial charge in [0.2, 0.25) is 5.91 Å². The zero-order valence-corrected chi connectivity index (χ0v) is 12.7. The van der Waals surface area contributed by atoms with Crippen LogP contribution in [-0.2, 0) is 4.79 Å². The van der Waals surface area contributed by atoms with E-state index in [9.17, 15) is 4.79 Å². The van der Waals surface area contributed by atoms with Gasteiger partial charge < -0.3 is 10.1 Å². The quantitative estimate of drug-likeness (QED) is 0.778. The number of carbonyl (C=O) groups excluding carboxylic acids is 1. The molecule has 116 valence electrons. The van der Waals surface area contributed by atoms with Crippen LogP contribution in [0.5, 0.6) is 11.5 Å². The summed E-state index contributed by atoms with van der Waals surface area (Å²) in [5, 5.41) is 6.94. The third-order valence-corrected chi connectivity index (χ3v) is 3.40. The van der Waals surface area contributed by atoms with Gasteiger partial charge in [-0.1, -0.05) is 18.2 Å². The van der Waals surface area contributed by atoms with Crippen LogP contribution < -0.4 is 10.1 Å². The number of carbonyl (C=O) groups is 1. The fourth-order valence-electron chi connectivity index (χ4n) is 2.11. The van der Waals surface area contributed by atoms with Crippen molar-refractivity contribution in [3.05, 3.63) is 73.1 Å². The van der Waals surface area contributed by atoms with Gasteiger partial charge in [-0.3, -0.25) is 9.48 Å². The molecule has 1 N–H and O–H groups in total. The van der Waals surface area contributed by atoms with Gasteiger partial charge in [0, 0.05) is 18.1 Å². The van der Waals surface area contributed by atoms with E-state index >= 15 is 0 Å². The average Bonchev–Trinajstić information content (AvgIpc) is 3.11. The molecule has 5 heteroatoms. The van der Waals surface area contributed by atoms with E-state index in [4.69, 9.17) is 4.74 Å². The second-order valence-electron chi connectivity index (χ2n) is 5.09. The highest BCUT2D eigenvalue weighted by atomic mass is 16.5. The van der Waals surface area contributed by atoms with Crippen LogP contribution in [0.3, 0.4) is 0 Å². The Hall–Kier alpha value is -3.08. The highest BCUT2D eigenvalue weighted by molar-refractivity contribution is 5.93. The second kappa shape index (κ2) is 6.79. The Balaban J connectivity index is 1.62. The number of hydrogen-bond acceptors (Lipinski definition) is 3. The number of nitrogens with zero attached hydrogens (tertiary/aromatic N) is 2. The summed E-state index contributed by atoms with van der Waals surface area (Å²) in [6.45, 7) is 1.80. The Morgan fingerprint density at radius 1 is 1.04 bits per heavy atom. The van der Waals surface area contributed by atoms with Gasteiger partial charge in [0.1, 0.15) is 17.5 Å². The van der Waals surface area contributed by atoms with Crippen LogP contribution in [0.1, 0.15) is 13.0 Å². The van der Waals surface area contributed by atoms with Crippen molar-refractivity contribution >= 4 is 11.6 Å². The maximum atomic E-state index is 12.2. The molecular weight excluding hydrogens is 290 g/mol. The highest BCUT2D eigenvalue weighted by Crippen LogP contribution is 2.23. The van der Waals surface area contributed by atoms with Gasteiger partial charge in [0.15, 0.2) is 0 Å². The van der Waals surface area contributed by atoms with Gasteiger partial charge in [-0.25, -0.2) is 0 Å². The number of anilines is 1. The molecule has 3 aromatic rings. The van der Waals surface area contributed by atoms with E-state index in [0.717, 1.165) is 11.4 Å². The molecule has 1 heterocycles. The van der Waals surface area contributed by atoms with E-state index in [0.29, 0.717) is 5.75 Å². The van der Waals surface area contributed by atoms with Gasteiger partial charge in [-0.15, -0.1) is 0 Å². The Morgan fingerprint density at radius 2 is 1.74 bits per heavy atom. The zero-order valence-electron chi connectivity index (χ0n) is 12.7. The van der Waals surface area contributed by atoms with Crippen molar-refractivity contribution in [1.82, 2.24) is 9.78 Å². The molecule has 0 fully saturated rings. The lowest BCUT2D eigenvalue weighted by atomic mass is 10.2. The molecule has 0 saturated heterocycles. The molecule has 0 unspecified atom stereocenters. The smallest absolute Gasteiger partial charge is 0.248 e. The number of nitrogens with one attached hydrogen (secondary N) is 1. The summed E-state index contributed by atoms with van der Waals surface area (Å²) in [4.78, 5) is 12.2. The van der Waals surface area contributed by atoms with Crippen LogP contribution in [0.2, 0.25) is 0 Å². The molecule has 0 radical (unpaired) electrons. The van der Waals surface area contributed by atoms with Crippen molar-refractivity contribution in [3.8, 4) is 11.5 Å². The SMILES string of the molecule is C[C@@H](C(=O)Nc1ccc(Oc2ccccc2)cc1)n1cccn1. The molecule has 1 atom stereocenters. The van der Waals surface area contributed by atoms with Gasteiger partial charge in [0.25, 0.3) is 0 Å². The Kier molecular flexibility index (Phi) is 4.38. The molecule has 0 aliphatic heterocycles. The predicted octanol–water partition coefficient (Wildman–Crippen LogP) is 3.88. The van der Waals surface area contributed by atoms with E-state index in [1.807, 2.05) is 54.6 Å². The van der Waals surface area contributed by atoms with Crippen LogP contribution in [-0.4, -0.2) is 15.7 Å². The Labute approximate surface area is 134 Å². The zero-order chi connectivity index (χ0) is 16.1. The molecule has 1 amide bonds. The lowest BCUT2D eigenvalue weighted by Gasteiger charge is -2.13. The van der Waals surface area contributed by atoms with Crippen molar-refractivity contribution in [2.45, 2.75) is 13.0 Å². The van der Waals surface area contributed by atoms with Crippen LogP contribution in [0, 0.1) is 0 Å². The first kappa shape index (κ1) is 14.8. The van der Waals surface area contributed by atoms with Crippen LogP contribution >= 0.6 is 0 Å². The van der Waals surface area contributed by atoms with E-state index in [2.05, 4.69) is 10.4 Å². The molecule has 3 rings (SSSR count). The van der Waals surface area contributed by atoms with Crippen molar-refractivity contribution < 1.29 is 9.53 Å². The standard InChI is InChI=1S/C18H17N3O2/c1-14(21-13-5-12-19-21)18(22)20-15-8-10-17(11-9-15)23-16-6-3-2-4-7-16/h2-14H,1H3,(H,20,22)/t14-/m0/s1. The summed E-state index contributed by atoms with van der Waals surface area (Å²) in [5.74, 6) is 1.37. The number of rotatable bonds is 5. The average molecular weight is 307 g/mol. The van der Waals surface area contributed by atoms with Crippen molar-refractivity contribution in [1.29, 1.82) is 0 Å². The molecule has 0 spiro atoms. The maximum Gasteiger partial charge on any atom is 0.248 e. The number of benzene rings is 2. The number of hydrogen-bond donors (Lipinski definition) is 1. The normalized spacial score (nSPS) is 11.7. The van der Waals surface area contributed by atoms with E-state index in [-0.39, 0.29) is 11.9 Å². The number of aromatic nitrogens is 2. The molecule has 0 bridgehead atoms. The first-order chi connectivity index (χ1) is 11.2. The Bertz CT molecular complexity index is 753. The third-order valence-electron chi connectivity index (χ3n) is 3.40. The fraction of sp³-hybridized carbons (Fsp3) is 0.111. The molecule has 0 saturated carbocycles. The summed E-state index contributed by atoms with van der Waals surface area (Å²) in [7, 11) is 0. The Morgan fingerprint density at radius 3 is 2.39 bits per heavy atom. The molecule has 0 aliphatic carbocycles. The number of ether oxygens (including phenoxy) is 1. The first-order valence-corrected chi connectivity index (χ1v) is 7.35. The van der Waals surface area contributed by atoms with Crippen LogP contribution in [0.25, 0.3) is 0 Å². The summed E-state index contributed by atoms with van der Waals surface area (Å²) >= 11 is 0. The lowest BCUT2D eigenvalue weighted by molar-refractivity contribution is -0.119. The molecule has 23 heavy (non-hydrogen) atoms. The topological polar surface area (TPSA) is 56.1 Å². The summed E-state index contributed by atoms with van der Waals surface area (Å²) in [6, 6.07) is 18.2. The second-order valence-corrected chi connectivity index (χ2v) is 5.09. The molecular formula is C18H17N3O2. The number of amides is 1. The van der Waals surface area contributed by atoms with E-state index in [1.165, 1.54) is 0 Å². The summed E-state index contributed by atoms with van der Waals surface area (Å²) in [6.07, 6.45) is 3.42. The van der Waals surface area contributed by atoms with Crippen LogP contribution in [0.15, 0.2) is 73.1 Å². The van der Waals surface area contributed by atoms with E-state index < -0.39 is 0 Å². The van der Waals surface area contributed by atoms with Gasteiger partial charge in [0.05, 0.1) is 0 Å². The highest BCUT2D eigenvalue weighted by Gasteiger charge is 2.14. The number of para-hydroxylation sites is 1. The van der Waals surface area contributed by atoms with E-state index in [1.54, 1.807) is 30.1 Å². The molecule has 0 aliphatic rings. The van der Waals surface area contributed by atoms with Crippen molar-refractivity contribution in [3.63, 3.8) is 0 Å². The summed E-state index contributed by atoms with van der Waals surface area (Å²) < 4.78 is 7.33. The van der Waals surface area contributed by atoms with Crippen LogP contribution in [0.4, 0.5) is 5.69 Å². The monoisotopic (exact) mass is 307 g/mol. The minimum absolute atomic E-state index is 0.120. The van der Waals surface area contributed by atoms with Crippen molar-refractivity contribution in [2.24, 2.45) is 0 Å². The first-order valence-electron chi connectivity index (χ1n) is 7.35. The van der Waals surface area contributed by atoms with Gasteiger partial charge in [-0.05, 0) is 49.4 Å². The largest absolute Gasteiger partial charge is 0.457 e. The fourth-order valence-corrected chi connectivity index (χ4v) is 2.11. The molecule has 2 aromatic carbocycles.